The zero-order valence-corrected chi connectivity index (χ0v) is 17.9. The van der Waals surface area contributed by atoms with Crippen molar-refractivity contribution >= 4 is 17.3 Å². The molecule has 2 heterocycles. The van der Waals surface area contributed by atoms with Crippen LogP contribution in [0.25, 0.3) is 0 Å². The van der Waals surface area contributed by atoms with E-state index in [1.165, 1.54) is 0 Å². The average molecular weight is 450 g/mol. The van der Waals surface area contributed by atoms with Crippen molar-refractivity contribution in [2.75, 3.05) is 37.8 Å². The van der Waals surface area contributed by atoms with Crippen LogP contribution in [0.1, 0.15) is 22.8 Å². The molecule has 31 heavy (non-hydrogen) atoms. The van der Waals surface area contributed by atoms with Crippen molar-refractivity contribution in [1.29, 1.82) is 0 Å². The Morgan fingerprint density at radius 2 is 1.65 bits per heavy atom. The van der Waals surface area contributed by atoms with E-state index in [0.717, 1.165) is 43.1 Å². The van der Waals surface area contributed by atoms with E-state index < -0.39 is 37.1 Å². The maximum atomic E-state index is 10.4. The lowest BCUT2D eigenvalue weighted by Gasteiger charge is -2.40. The van der Waals surface area contributed by atoms with Crippen LogP contribution in [0, 0.1) is 0 Å². The number of aliphatic hydroxyl groups is 4. The van der Waals surface area contributed by atoms with Crippen LogP contribution in [0.15, 0.2) is 42.5 Å². The number of rotatable bonds is 5. The van der Waals surface area contributed by atoms with Crippen molar-refractivity contribution in [2.45, 2.75) is 36.9 Å². The van der Waals surface area contributed by atoms with Crippen LogP contribution < -0.4 is 4.90 Å². The lowest BCUT2D eigenvalue weighted by molar-refractivity contribution is -0.231. The van der Waals surface area contributed by atoms with Gasteiger partial charge in [0.2, 0.25) is 0 Å². The van der Waals surface area contributed by atoms with E-state index in [2.05, 4.69) is 29.2 Å². The van der Waals surface area contributed by atoms with Crippen LogP contribution in [0.4, 0.5) is 5.69 Å². The van der Waals surface area contributed by atoms with Crippen molar-refractivity contribution in [3.8, 4) is 0 Å². The zero-order valence-electron chi connectivity index (χ0n) is 17.1. The topological polar surface area (TPSA) is 103 Å². The lowest BCUT2D eigenvalue weighted by atomic mass is 9.90. The minimum Gasteiger partial charge on any atom is -0.394 e. The summed E-state index contributed by atoms with van der Waals surface area (Å²) in [4.78, 5) is 2.29. The Morgan fingerprint density at radius 3 is 2.32 bits per heavy atom. The second kappa shape index (κ2) is 9.83. The summed E-state index contributed by atoms with van der Waals surface area (Å²) in [7, 11) is 0. The quantitative estimate of drug-likeness (QED) is 0.545. The van der Waals surface area contributed by atoms with Gasteiger partial charge < -0.3 is 34.8 Å². The van der Waals surface area contributed by atoms with E-state index in [1.807, 2.05) is 6.07 Å². The second-order valence-electron chi connectivity index (χ2n) is 8.04. The third-order valence-electron chi connectivity index (χ3n) is 6.00. The van der Waals surface area contributed by atoms with Gasteiger partial charge in [0.25, 0.3) is 0 Å². The Bertz CT molecular complexity index is 871. The highest BCUT2D eigenvalue weighted by atomic mass is 35.5. The van der Waals surface area contributed by atoms with E-state index in [9.17, 15) is 20.4 Å². The Balaban J connectivity index is 1.51. The maximum absolute atomic E-state index is 10.4. The fourth-order valence-corrected chi connectivity index (χ4v) is 4.33. The third kappa shape index (κ3) is 4.88. The number of morpholine rings is 1. The van der Waals surface area contributed by atoms with Gasteiger partial charge in [0.05, 0.1) is 19.8 Å². The summed E-state index contributed by atoms with van der Waals surface area (Å²) in [5.41, 5.74) is 3.73. The van der Waals surface area contributed by atoms with Gasteiger partial charge in [-0.25, -0.2) is 0 Å². The van der Waals surface area contributed by atoms with Crippen molar-refractivity contribution < 1.29 is 29.9 Å². The number of benzene rings is 2. The number of nitrogens with zero attached hydrogens (tertiary/aromatic N) is 1. The summed E-state index contributed by atoms with van der Waals surface area (Å²) in [6, 6.07) is 13.6. The normalized spacial score (nSPS) is 29.2. The van der Waals surface area contributed by atoms with Crippen LogP contribution in [-0.4, -0.2) is 77.8 Å². The number of hydrogen-bond donors (Lipinski definition) is 4. The van der Waals surface area contributed by atoms with Gasteiger partial charge in [0.1, 0.15) is 30.5 Å². The lowest BCUT2D eigenvalue weighted by Crippen LogP contribution is -2.55. The van der Waals surface area contributed by atoms with E-state index in [0.29, 0.717) is 17.0 Å². The van der Waals surface area contributed by atoms with Gasteiger partial charge >= 0.3 is 0 Å². The summed E-state index contributed by atoms with van der Waals surface area (Å²) >= 11 is 6.43. The molecule has 0 aromatic heterocycles. The van der Waals surface area contributed by atoms with Gasteiger partial charge in [0.15, 0.2) is 0 Å². The Labute approximate surface area is 186 Å². The van der Waals surface area contributed by atoms with Crippen molar-refractivity contribution in [1.82, 2.24) is 0 Å². The molecule has 168 valence electrons. The number of halogens is 1. The van der Waals surface area contributed by atoms with Crippen molar-refractivity contribution in [2.24, 2.45) is 0 Å². The first kappa shape index (κ1) is 22.5. The second-order valence-corrected chi connectivity index (χ2v) is 8.45. The van der Waals surface area contributed by atoms with Gasteiger partial charge in [-0.3, -0.25) is 0 Å². The van der Waals surface area contributed by atoms with Crippen LogP contribution >= 0.6 is 11.6 Å². The summed E-state index contributed by atoms with van der Waals surface area (Å²) in [5.74, 6) is 0. The minimum atomic E-state index is -1.41. The standard InChI is InChI=1S/C23H28ClNO6/c24-18-6-3-15(23-22(29)21(28)20(27)19(13-26)31-23)12-16(18)11-14-1-4-17(5-2-14)25-7-9-30-10-8-25/h1-6,12,19-23,26-29H,7-11,13H2. The van der Waals surface area contributed by atoms with Crippen molar-refractivity contribution in [3.63, 3.8) is 0 Å². The minimum absolute atomic E-state index is 0.461. The van der Waals surface area contributed by atoms with Crippen LogP contribution in [0.3, 0.4) is 0 Å². The molecule has 0 saturated carbocycles. The number of hydrogen-bond acceptors (Lipinski definition) is 7. The van der Waals surface area contributed by atoms with E-state index >= 15 is 0 Å². The predicted octanol–water partition coefficient (Wildman–Crippen LogP) is 1.28. The molecule has 4 rings (SSSR count). The number of aliphatic hydroxyl groups excluding tert-OH is 4. The van der Waals surface area contributed by atoms with Crippen LogP contribution in [-0.2, 0) is 15.9 Å². The largest absolute Gasteiger partial charge is 0.394 e. The molecule has 2 fully saturated rings. The molecule has 0 aliphatic carbocycles. The third-order valence-corrected chi connectivity index (χ3v) is 6.37. The first-order chi connectivity index (χ1) is 15.0. The molecular weight excluding hydrogens is 422 g/mol. The highest BCUT2D eigenvalue weighted by molar-refractivity contribution is 6.31. The molecule has 5 unspecified atom stereocenters. The van der Waals surface area contributed by atoms with Crippen molar-refractivity contribution in [3.05, 3.63) is 64.2 Å². The first-order valence-corrected chi connectivity index (χ1v) is 10.9. The summed E-state index contributed by atoms with van der Waals surface area (Å²) in [6.07, 6.45) is -5.35. The predicted molar refractivity (Wildman–Crippen MR) is 116 cm³/mol. The monoisotopic (exact) mass is 449 g/mol. The fourth-order valence-electron chi connectivity index (χ4n) is 4.15. The molecule has 0 bridgehead atoms. The van der Waals surface area contributed by atoms with Gasteiger partial charge in [-0.2, -0.15) is 0 Å². The Morgan fingerprint density at radius 1 is 0.935 bits per heavy atom. The SMILES string of the molecule is OCC1OC(c2ccc(Cl)c(Cc3ccc(N4CCOCC4)cc3)c2)C(O)C(O)C1O. The van der Waals surface area contributed by atoms with Gasteiger partial charge in [-0.1, -0.05) is 35.9 Å². The highest BCUT2D eigenvalue weighted by Crippen LogP contribution is 2.34. The molecule has 5 atom stereocenters. The first-order valence-electron chi connectivity index (χ1n) is 10.5. The summed E-state index contributed by atoms with van der Waals surface area (Å²) in [5, 5.41) is 40.5. The molecule has 7 nitrogen and oxygen atoms in total. The smallest absolute Gasteiger partial charge is 0.113 e. The van der Waals surface area contributed by atoms with Gasteiger partial charge in [-0.15, -0.1) is 0 Å². The van der Waals surface area contributed by atoms with Gasteiger partial charge in [-0.05, 0) is 41.3 Å². The number of ether oxygens (including phenoxy) is 2. The molecule has 4 N–H and O–H groups in total. The Hall–Kier alpha value is -1.71. The number of anilines is 1. The van der Waals surface area contributed by atoms with Gasteiger partial charge in [0, 0.05) is 23.8 Å². The summed E-state index contributed by atoms with van der Waals surface area (Å²) in [6.45, 7) is 2.78. The molecule has 0 amide bonds. The van der Waals surface area contributed by atoms with E-state index in [4.69, 9.17) is 21.1 Å². The molecule has 2 aliphatic rings. The molecule has 0 radical (unpaired) electrons. The Kier molecular flexibility index (Phi) is 7.13. The molecule has 2 saturated heterocycles. The molecule has 2 aromatic rings. The van der Waals surface area contributed by atoms with E-state index in [-0.39, 0.29) is 0 Å². The van der Waals surface area contributed by atoms with E-state index in [1.54, 1.807) is 12.1 Å². The molecule has 2 aliphatic heterocycles. The van der Waals surface area contributed by atoms with Crippen LogP contribution in [0.2, 0.25) is 5.02 Å². The molecule has 0 spiro atoms. The molecule has 2 aromatic carbocycles. The molecule has 8 heteroatoms. The van der Waals surface area contributed by atoms with Crippen LogP contribution in [0.5, 0.6) is 0 Å². The highest BCUT2D eigenvalue weighted by Gasteiger charge is 2.44. The fraction of sp³-hybridized carbons (Fsp3) is 0.478. The molecular formula is C23H28ClNO6. The zero-order chi connectivity index (χ0) is 22.0. The summed E-state index contributed by atoms with van der Waals surface area (Å²) < 4.78 is 11.1. The average Bonchev–Trinajstić information content (AvgIpc) is 2.80. The maximum Gasteiger partial charge on any atom is 0.113 e.